The van der Waals surface area contributed by atoms with Crippen molar-refractivity contribution in [1.29, 1.82) is 0 Å². The van der Waals surface area contributed by atoms with Crippen molar-refractivity contribution in [2.75, 3.05) is 27.3 Å². The molecule has 28 heavy (non-hydrogen) atoms. The van der Waals surface area contributed by atoms with Crippen LogP contribution in [0.1, 0.15) is 27.9 Å². The molecular formula is C21H23F2NO4. The number of carboxylic acids is 1. The standard InChI is InChI=1S/C21H23F2NO4/c1-27-18-4-3-15(19(21(25)26)20(18)28-2)12-24-6-5-13(11-24)7-14-8-16(22)10-17(23)9-14/h3-4,8-10,13H,5-7,11-12H2,1-2H3,(H,25,26). The SMILES string of the molecule is COc1ccc(CN2CCC(Cc3cc(F)cc(F)c3)C2)c(C(=O)O)c1OC. The van der Waals surface area contributed by atoms with Gasteiger partial charge in [-0.1, -0.05) is 6.07 Å². The summed E-state index contributed by atoms with van der Waals surface area (Å²) < 4.78 is 37.2. The molecule has 1 atom stereocenters. The fourth-order valence-electron chi connectivity index (χ4n) is 3.86. The molecule has 1 heterocycles. The molecule has 1 aliphatic rings. The number of aromatic carboxylic acids is 1. The van der Waals surface area contributed by atoms with Crippen LogP contribution in [0.25, 0.3) is 0 Å². The first-order valence-electron chi connectivity index (χ1n) is 9.05. The summed E-state index contributed by atoms with van der Waals surface area (Å²) in [4.78, 5) is 13.9. The van der Waals surface area contributed by atoms with Gasteiger partial charge in [0.2, 0.25) is 0 Å². The molecule has 0 radical (unpaired) electrons. The van der Waals surface area contributed by atoms with Gasteiger partial charge in [0, 0.05) is 19.2 Å². The molecule has 0 bridgehead atoms. The van der Waals surface area contributed by atoms with Crippen molar-refractivity contribution in [3.8, 4) is 11.5 Å². The third kappa shape index (κ3) is 4.42. The normalized spacial score (nSPS) is 16.9. The van der Waals surface area contributed by atoms with Crippen LogP contribution < -0.4 is 9.47 Å². The minimum Gasteiger partial charge on any atom is -0.493 e. The predicted octanol–water partition coefficient (Wildman–Crippen LogP) is 3.74. The number of carboxylic acid groups (broad SMARTS) is 1. The van der Waals surface area contributed by atoms with Gasteiger partial charge in [0.1, 0.15) is 17.2 Å². The molecule has 2 aromatic rings. The lowest BCUT2D eigenvalue weighted by Crippen LogP contribution is -2.22. The Hall–Kier alpha value is -2.67. The zero-order valence-corrected chi connectivity index (χ0v) is 15.9. The quantitative estimate of drug-likeness (QED) is 0.779. The molecule has 2 aromatic carbocycles. The summed E-state index contributed by atoms with van der Waals surface area (Å²) >= 11 is 0. The number of ether oxygens (including phenoxy) is 2. The molecule has 3 rings (SSSR count). The first kappa shape index (κ1) is 20.1. The molecule has 0 aliphatic carbocycles. The van der Waals surface area contributed by atoms with Crippen LogP contribution in [0.2, 0.25) is 0 Å². The van der Waals surface area contributed by atoms with Gasteiger partial charge in [0.15, 0.2) is 11.5 Å². The van der Waals surface area contributed by atoms with Crippen molar-refractivity contribution in [1.82, 2.24) is 4.90 Å². The van der Waals surface area contributed by atoms with Crippen molar-refractivity contribution in [3.63, 3.8) is 0 Å². The minimum atomic E-state index is -1.07. The van der Waals surface area contributed by atoms with E-state index < -0.39 is 17.6 Å². The number of methoxy groups -OCH3 is 2. The maximum absolute atomic E-state index is 13.4. The highest BCUT2D eigenvalue weighted by Crippen LogP contribution is 2.35. The highest BCUT2D eigenvalue weighted by atomic mass is 19.1. The summed E-state index contributed by atoms with van der Waals surface area (Å²) in [6, 6.07) is 7.03. The van der Waals surface area contributed by atoms with Crippen LogP contribution in [0, 0.1) is 17.6 Å². The lowest BCUT2D eigenvalue weighted by molar-refractivity contribution is 0.0690. The number of benzene rings is 2. The van der Waals surface area contributed by atoms with E-state index in [1.54, 1.807) is 12.1 Å². The molecule has 1 fully saturated rings. The van der Waals surface area contributed by atoms with Crippen LogP contribution >= 0.6 is 0 Å². The predicted molar refractivity (Wildman–Crippen MR) is 100.0 cm³/mol. The second kappa shape index (κ2) is 8.56. The topological polar surface area (TPSA) is 59.0 Å². The molecular weight excluding hydrogens is 368 g/mol. The zero-order valence-electron chi connectivity index (χ0n) is 15.9. The van der Waals surface area contributed by atoms with Gasteiger partial charge in [-0.25, -0.2) is 13.6 Å². The Labute approximate surface area is 162 Å². The first-order chi connectivity index (χ1) is 13.4. The summed E-state index contributed by atoms with van der Waals surface area (Å²) in [5, 5.41) is 9.65. The van der Waals surface area contributed by atoms with E-state index in [1.165, 1.54) is 26.4 Å². The second-order valence-corrected chi connectivity index (χ2v) is 7.01. The highest BCUT2D eigenvalue weighted by Gasteiger charge is 2.26. The number of likely N-dealkylation sites (tertiary alicyclic amines) is 1. The van der Waals surface area contributed by atoms with E-state index >= 15 is 0 Å². The van der Waals surface area contributed by atoms with Gasteiger partial charge in [-0.2, -0.15) is 0 Å². The van der Waals surface area contributed by atoms with Crippen molar-refractivity contribution in [2.24, 2.45) is 5.92 Å². The van der Waals surface area contributed by atoms with E-state index in [0.29, 0.717) is 29.8 Å². The molecule has 1 unspecified atom stereocenters. The average molecular weight is 391 g/mol. The Morgan fingerprint density at radius 2 is 1.89 bits per heavy atom. The fourth-order valence-corrected chi connectivity index (χ4v) is 3.86. The van der Waals surface area contributed by atoms with E-state index in [4.69, 9.17) is 9.47 Å². The molecule has 0 spiro atoms. The van der Waals surface area contributed by atoms with Crippen molar-refractivity contribution in [3.05, 3.63) is 58.7 Å². The molecule has 7 heteroatoms. The van der Waals surface area contributed by atoms with E-state index in [9.17, 15) is 18.7 Å². The number of halogens is 2. The number of rotatable bonds is 7. The van der Waals surface area contributed by atoms with Crippen LogP contribution in [0.3, 0.4) is 0 Å². The largest absolute Gasteiger partial charge is 0.493 e. The molecule has 0 aromatic heterocycles. The smallest absolute Gasteiger partial charge is 0.339 e. The lowest BCUT2D eigenvalue weighted by atomic mass is 9.98. The third-order valence-corrected chi connectivity index (χ3v) is 5.06. The zero-order chi connectivity index (χ0) is 20.3. The van der Waals surface area contributed by atoms with Gasteiger partial charge < -0.3 is 14.6 Å². The Kier molecular flexibility index (Phi) is 6.14. The lowest BCUT2D eigenvalue weighted by Gasteiger charge is -2.20. The van der Waals surface area contributed by atoms with Crippen molar-refractivity contribution in [2.45, 2.75) is 19.4 Å². The van der Waals surface area contributed by atoms with Gasteiger partial charge in [0.25, 0.3) is 0 Å². The molecule has 150 valence electrons. The molecule has 1 aliphatic heterocycles. The van der Waals surface area contributed by atoms with Gasteiger partial charge >= 0.3 is 5.97 Å². The van der Waals surface area contributed by atoms with Crippen molar-refractivity contribution >= 4 is 5.97 Å². The molecule has 0 saturated carbocycles. The van der Waals surface area contributed by atoms with E-state index in [-0.39, 0.29) is 17.2 Å². The van der Waals surface area contributed by atoms with Crippen LogP contribution in [-0.2, 0) is 13.0 Å². The van der Waals surface area contributed by atoms with Gasteiger partial charge in [-0.15, -0.1) is 0 Å². The minimum absolute atomic E-state index is 0.0949. The van der Waals surface area contributed by atoms with Crippen LogP contribution in [0.4, 0.5) is 8.78 Å². The number of carbonyl (C=O) groups is 1. The molecule has 1 saturated heterocycles. The van der Waals surface area contributed by atoms with E-state index in [2.05, 4.69) is 4.90 Å². The van der Waals surface area contributed by atoms with Gasteiger partial charge in [-0.3, -0.25) is 4.90 Å². The summed E-state index contributed by atoms with van der Waals surface area (Å²) in [5.41, 5.74) is 1.38. The summed E-state index contributed by atoms with van der Waals surface area (Å²) in [5.74, 6) is -1.37. The third-order valence-electron chi connectivity index (χ3n) is 5.06. The molecule has 0 amide bonds. The Bertz CT molecular complexity index is 851. The fraction of sp³-hybridized carbons (Fsp3) is 0.381. The van der Waals surface area contributed by atoms with Crippen molar-refractivity contribution < 1.29 is 28.2 Å². The molecule has 5 nitrogen and oxygen atoms in total. The second-order valence-electron chi connectivity index (χ2n) is 7.01. The van der Waals surface area contributed by atoms with E-state index in [1.807, 2.05) is 0 Å². The molecule has 1 N–H and O–H groups in total. The average Bonchev–Trinajstić information content (AvgIpc) is 3.06. The first-order valence-corrected chi connectivity index (χ1v) is 9.05. The van der Waals surface area contributed by atoms with Crippen LogP contribution in [0.5, 0.6) is 11.5 Å². The number of hydrogen-bond donors (Lipinski definition) is 1. The van der Waals surface area contributed by atoms with Crippen LogP contribution in [-0.4, -0.2) is 43.3 Å². The highest BCUT2D eigenvalue weighted by molar-refractivity contribution is 5.93. The number of nitrogens with zero attached hydrogens (tertiary/aromatic N) is 1. The van der Waals surface area contributed by atoms with Gasteiger partial charge in [-0.05, 0) is 54.6 Å². The Balaban J connectivity index is 1.72. The summed E-state index contributed by atoms with van der Waals surface area (Å²) in [7, 11) is 2.88. The van der Waals surface area contributed by atoms with Crippen LogP contribution in [0.15, 0.2) is 30.3 Å². The monoisotopic (exact) mass is 391 g/mol. The number of hydrogen-bond acceptors (Lipinski definition) is 4. The summed E-state index contributed by atoms with van der Waals surface area (Å²) in [6.45, 7) is 1.97. The Morgan fingerprint density at radius 1 is 1.18 bits per heavy atom. The maximum Gasteiger partial charge on any atom is 0.339 e. The maximum atomic E-state index is 13.4. The Morgan fingerprint density at radius 3 is 2.50 bits per heavy atom. The van der Waals surface area contributed by atoms with Gasteiger partial charge in [0.05, 0.1) is 14.2 Å². The summed E-state index contributed by atoms with van der Waals surface area (Å²) in [6.07, 6.45) is 1.47. The van der Waals surface area contributed by atoms with E-state index in [0.717, 1.165) is 25.6 Å².